The van der Waals surface area contributed by atoms with Crippen LogP contribution in [0.5, 0.6) is 0 Å². The van der Waals surface area contributed by atoms with E-state index in [4.69, 9.17) is 4.74 Å². The van der Waals surface area contributed by atoms with Crippen LogP contribution in [0.15, 0.2) is 23.1 Å². The molecule has 134 valence electrons. The molecule has 1 atom stereocenters. The number of ether oxygens (including phenoxy) is 1. The maximum atomic E-state index is 12.8. The lowest BCUT2D eigenvalue weighted by atomic mass is 10.0. The van der Waals surface area contributed by atoms with Gasteiger partial charge in [-0.05, 0) is 31.4 Å². The van der Waals surface area contributed by atoms with Gasteiger partial charge < -0.3 is 9.64 Å². The van der Waals surface area contributed by atoms with E-state index in [-0.39, 0.29) is 16.7 Å². The molecular formula is C17H26N2O4S. The lowest BCUT2D eigenvalue weighted by Crippen LogP contribution is -2.53. The SMILES string of the molecule is Cc1ccc(S(=O)(=O)N[C@@H](C(=O)N2CCOCC2)C(C)C)c(C)c1. The number of aryl methyl sites for hydroxylation is 2. The lowest BCUT2D eigenvalue weighted by molar-refractivity contribution is -0.138. The Morgan fingerprint density at radius 1 is 1.21 bits per heavy atom. The molecule has 6 nitrogen and oxygen atoms in total. The van der Waals surface area contributed by atoms with Gasteiger partial charge in [-0.1, -0.05) is 31.5 Å². The monoisotopic (exact) mass is 354 g/mol. The maximum Gasteiger partial charge on any atom is 0.241 e. The highest BCUT2D eigenvalue weighted by atomic mass is 32.2. The number of morpholine rings is 1. The zero-order valence-corrected chi connectivity index (χ0v) is 15.5. The molecule has 1 saturated heterocycles. The topological polar surface area (TPSA) is 75.7 Å². The van der Waals surface area contributed by atoms with Gasteiger partial charge in [-0.15, -0.1) is 0 Å². The number of nitrogens with one attached hydrogen (secondary N) is 1. The first-order valence-corrected chi connectivity index (χ1v) is 9.67. The summed E-state index contributed by atoms with van der Waals surface area (Å²) in [5.74, 6) is -0.345. The smallest absolute Gasteiger partial charge is 0.241 e. The molecule has 0 aromatic heterocycles. The van der Waals surface area contributed by atoms with Gasteiger partial charge >= 0.3 is 0 Å². The number of nitrogens with zero attached hydrogens (tertiary/aromatic N) is 1. The molecule has 2 rings (SSSR count). The van der Waals surface area contributed by atoms with Crippen molar-refractivity contribution in [1.82, 2.24) is 9.62 Å². The van der Waals surface area contributed by atoms with E-state index < -0.39 is 16.1 Å². The Morgan fingerprint density at radius 2 is 1.83 bits per heavy atom. The van der Waals surface area contributed by atoms with Crippen molar-refractivity contribution in [3.05, 3.63) is 29.3 Å². The fourth-order valence-corrected chi connectivity index (χ4v) is 4.35. The summed E-state index contributed by atoms with van der Waals surface area (Å²) in [5, 5.41) is 0. The van der Waals surface area contributed by atoms with Gasteiger partial charge in [0.05, 0.1) is 18.1 Å². The van der Waals surface area contributed by atoms with E-state index in [9.17, 15) is 13.2 Å². The molecule has 0 bridgehead atoms. The summed E-state index contributed by atoms with van der Waals surface area (Å²) < 4.78 is 33.4. The number of amides is 1. The predicted octanol–water partition coefficient (Wildman–Crippen LogP) is 1.47. The van der Waals surface area contributed by atoms with E-state index in [1.165, 1.54) is 0 Å². The van der Waals surface area contributed by atoms with Crippen molar-refractivity contribution in [2.45, 2.75) is 38.6 Å². The molecule has 0 aliphatic carbocycles. The minimum absolute atomic E-state index is 0.152. The van der Waals surface area contributed by atoms with Crippen LogP contribution >= 0.6 is 0 Å². The molecule has 0 unspecified atom stereocenters. The Kier molecular flexibility index (Phi) is 6.01. The fraction of sp³-hybridized carbons (Fsp3) is 0.588. The van der Waals surface area contributed by atoms with Crippen molar-refractivity contribution in [3.63, 3.8) is 0 Å². The predicted molar refractivity (Wildman–Crippen MR) is 92.3 cm³/mol. The lowest BCUT2D eigenvalue weighted by Gasteiger charge is -2.32. The van der Waals surface area contributed by atoms with Crippen molar-refractivity contribution in [1.29, 1.82) is 0 Å². The first-order chi connectivity index (χ1) is 11.2. The third-order valence-corrected chi connectivity index (χ3v) is 5.76. The Labute approximate surface area is 144 Å². The number of rotatable bonds is 5. The van der Waals surface area contributed by atoms with Gasteiger partial charge in [-0.3, -0.25) is 4.79 Å². The maximum absolute atomic E-state index is 12.8. The quantitative estimate of drug-likeness (QED) is 0.869. The molecule has 1 aromatic carbocycles. The van der Waals surface area contributed by atoms with Crippen LogP contribution in [0.4, 0.5) is 0 Å². The van der Waals surface area contributed by atoms with E-state index in [1.54, 1.807) is 24.0 Å². The Bertz CT molecular complexity index is 695. The van der Waals surface area contributed by atoms with Gasteiger partial charge in [0.2, 0.25) is 15.9 Å². The van der Waals surface area contributed by atoms with Crippen LogP contribution in [0.25, 0.3) is 0 Å². The standard InChI is InChI=1S/C17H26N2O4S/c1-12(2)16(17(20)19-7-9-23-10-8-19)18-24(21,22)15-6-5-13(3)11-14(15)4/h5-6,11-12,16,18H,7-10H2,1-4H3/t16-/m1/s1. The van der Waals surface area contributed by atoms with Crippen molar-refractivity contribution >= 4 is 15.9 Å². The molecule has 1 aromatic rings. The zero-order chi connectivity index (χ0) is 17.9. The van der Waals surface area contributed by atoms with Crippen LogP contribution in [-0.2, 0) is 19.6 Å². The second-order valence-electron chi connectivity index (χ2n) is 6.55. The highest BCUT2D eigenvalue weighted by Crippen LogP contribution is 2.18. The van der Waals surface area contributed by atoms with Gasteiger partial charge in [-0.2, -0.15) is 4.72 Å². The van der Waals surface area contributed by atoms with Crippen LogP contribution < -0.4 is 4.72 Å². The second kappa shape index (κ2) is 7.63. The molecule has 1 fully saturated rings. The van der Waals surface area contributed by atoms with Crippen LogP contribution in [0.3, 0.4) is 0 Å². The minimum Gasteiger partial charge on any atom is -0.378 e. The molecule has 0 radical (unpaired) electrons. The fourth-order valence-electron chi connectivity index (χ4n) is 2.78. The van der Waals surface area contributed by atoms with Gasteiger partial charge in [0.15, 0.2) is 0 Å². The third kappa shape index (κ3) is 4.34. The Morgan fingerprint density at radius 3 is 2.38 bits per heavy atom. The molecule has 1 amide bonds. The van der Waals surface area contributed by atoms with E-state index in [0.29, 0.717) is 31.9 Å². The number of carbonyl (C=O) groups excluding carboxylic acids is 1. The van der Waals surface area contributed by atoms with Gasteiger partial charge in [0, 0.05) is 13.1 Å². The first kappa shape index (κ1) is 18.9. The van der Waals surface area contributed by atoms with E-state index in [2.05, 4.69) is 4.72 Å². The second-order valence-corrected chi connectivity index (χ2v) is 8.23. The highest BCUT2D eigenvalue weighted by Gasteiger charge is 2.32. The van der Waals surface area contributed by atoms with E-state index >= 15 is 0 Å². The van der Waals surface area contributed by atoms with Crippen molar-refractivity contribution in [2.24, 2.45) is 5.92 Å². The van der Waals surface area contributed by atoms with E-state index in [1.807, 2.05) is 26.8 Å². The van der Waals surface area contributed by atoms with Gasteiger partial charge in [-0.25, -0.2) is 8.42 Å². The zero-order valence-electron chi connectivity index (χ0n) is 14.7. The highest BCUT2D eigenvalue weighted by molar-refractivity contribution is 7.89. The normalized spacial score (nSPS) is 17.1. The molecule has 1 aliphatic rings. The number of benzene rings is 1. The molecule has 1 aliphatic heterocycles. The largest absolute Gasteiger partial charge is 0.378 e. The number of hydrogen-bond acceptors (Lipinski definition) is 4. The summed E-state index contributed by atoms with van der Waals surface area (Å²) >= 11 is 0. The first-order valence-electron chi connectivity index (χ1n) is 8.18. The van der Waals surface area contributed by atoms with Crippen LogP contribution in [-0.4, -0.2) is 51.6 Å². The average molecular weight is 354 g/mol. The third-order valence-electron chi connectivity index (χ3n) is 4.16. The number of carbonyl (C=O) groups is 1. The Hall–Kier alpha value is -1.44. The number of sulfonamides is 1. The molecular weight excluding hydrogens is 328 g/mol. The van der Waals surface area contributed by atoms with Crippen molar-refractivity contribution in [2.75, 3.05) is 26.3 Å². The van der Waals surface area contributed by atoms with Crippen LogP contribution in [0.2, 0.25) is 0 Å². The average Bonchev–Trinajstić information content (AvgIpc) is 2.52. The summed E-state index contributed by atoms with van der Waals surface area (Å²) in [6, 6.07) is 4.39. The number of hydrogen-bond donors (Lipinski definition) is 1. The summed E-state index contributed by atoms with van der Waals surface area (Å²) in [6.07, 6.45) is 0. The molecule has 24 heavy (non-hydrogen) atoms. The summed E-state index contributed by atoms with van der Waals surface area (Å²) in [4.78, 5) is 14.6. The van der Waals surface area contributed by atoms with Crippen LogP contribution in [0.1, 0.15) is 25.0 Å². The Balaban J connectivity index is 2.24. The molecule has 1 heterocycles. The molecule has 7 heteroatoms. The van der Waals surface area contributed by atoms with Gasteiger partial charge in [0.1, 0.15) is 6.04 Å². The molecule has 0 saturated carbocycles. The van der Waals surface area contributed by atoms with Crippen molar-refractivity contribution < 1.29 is 17.9 Å². The summed E-state index contributed by atoms with van der Waals surface area (Å²) in [5.41, 5.74) is 1.67. The van der Waals surface area contributed by atoms with Crippen LogP contribution in [0, 0.1) is 19.8 Å². The van der Waals surface area contributed by atoms with E-state index in [0.717, 1.165) is 5.56 Å². The summed E-state index contributed by atoms with van der Waals surface area (Å²) in [7, 11) is -3.76. The molecule has 1 N–H and O–H groups in total. The summed E-state index contributed by atoms with van der Waals surface area (Å²) in [6.45, 7) is 9.31. The van der Waals surface area contributed by atoms with Crippen molar-refractivity contribution in [3.8, 4) is 0 Å². The van der Waals surface area contributed by atoms with Gasteiger partial charge in [0.25, 0.3) is 0 Å². The minimum atomic E-state index is -3.76. The molecule has 0 spiro atoms.